The Morgan fingerprint density at radius 1 is 1.32 bits per heavy atom. The largest absolute Gasteiger partial charge is 0.322 e. The molecule has 0 bridgehead atoms. The molecule has 1 unspecified atom stereocenters. The molecule has 22 heavy (non-hydrogen) atoms. The van der Waals surface area contributed by atoms with Crippen molar-refractivity contribution < 1.29 is 4.79 Å². The van der Waals surface area contributed by atoms with Gasteiger partial charge in [-0.05, 0) is 38.8 Å². The van der Waals surface area contributed by atoms with Crippen molar-refractivity contribution in [1.82, 2.24) is 9.78 Å². The Morgan fingerprint density at radius 3 is 2.59 bits per heavy atom. The van der Waals surface area contributed by atoms with E-state index >= 15 is 0 Å². The van der Waals surface area contributed by atoms with E-state index in [0.29, 0.717) is 0 Å². The Hall–Kier alpha value is -1.75. The summed E-state index contributed by atoms with van der Waals surface area (Å²) in [7, 11) is 1.88. The summed E-state index contributed by atoms with van der Waals surface area (Å²) in [5.74, 6) is 0.865. The number of carbonyl (C=O) groups is 1. The lowest BCUT2D eigenvalue weighted by Gasteiger charge is -2.13. The fraction of sp³-hybridized carbons (Fsp3) is 0.412. The molecule has 0 aliphatic rings. The lowest BCUT2D eigenvalue weighted by molar-refractivity contribution is -0.115. The highest BCUT2D eigenvalue weighted by Crippen LogP contribution is 2.23. The summed E-state index contributed by atoms with van der Waals surface area (Å²) in [6.45, 7) is 7.91. The lowest BCUT2D eigenvalue weighted by atomic mass is 10.1. The maximum Gasteiger partial charge on any atom is 0.237 e. The molecule has 5 heteroatoms. The summed E-state index contributed by atoms with van der Waals surface area (Å²) in [6.07, 6.45) is 0. The molecular formula is C17H23N3OS. The maximum absolute atomic E-state index is 12.4. The molecule has 1 heterocycles. The molecule has 0 radical (unpaired) electrons. The molecule has 0 spiro atoms. The average molecular weight is 317 g/mol. The number of carbonyl (C=O) groups excluding carboxylic acids is 1. The Bertz CT molecular complexity index is 679. The molecule has 2 aromatic rings. The van der Waals surface area contributed by atoms with Crippen molar-refractivity contribution in [3.8, 4) is 0 Å². The van der Waals surface area contributed by atoms with E-state index in [1.165, 1.54) is 11.1 Å². The van der Waals surface area contributed by atoms with Crippen molar-refractivity contribution in [2.75, 3.05) is 5.32 Å². The van der Waals surface area contributed by atoms with Gasteiger partial charge in [-0.1, -0.05) is 24.3 Å². The standard InChI is InChI=1S/C17H23N3OS/c1-11-8-6-7-9-15(11)10-22-14(4)17(21)18-16-12(2)19-20(5)13(16)3/h6-9,14H,10H2,1-5H3,(H,18,21). The summed E-state index contributed by atoms with van der Waals surface area (Å²) < 4.78 is 1.79. The van der Waals surface area contributed by atoms with Crippen molar-refractivity contribution in [2.45, 2.75) is 38.7 Å². The van der Waals surface area contributed by atoms with E-state index in [1.807, 2.05) is 40.0 Å². The Balaban J connectivity index is 1.96. The highest BCUT2D eigenvalue weighted by atomic mass is 32.2. The topological polar surface area (TPSA) is 46.9 Å². The van der Waals surface area contributed by atoms with Gasteiger partial charge in [-0.3, -0.25) is 9.48 Å². The van der Waals surface area contributed by atoms with Crippen molar-refractivity contribution >= 4 is 23.4 Å². The first-order valence-corrected chi connectivity index (χ1v) is 8.42. The summed E-state index contributed by atoms with van der Waals surface area (Å²) >= 11 is 1.65. The van der Waals surface area contributed by atoms with Crippen LogP contribution in [0.15, 0.2) is 24.3 Å². The molecule has 0 aliphatic carbocycles. The first-order valence-electron chi connectivity index (χ1n) is 7.37. The highest BCUT2D eigenvalue weighted by Gasteiger charge is 2.18. The van der Waals surface area contributed by atoms with Crippen LogP contribution < -0.4 is 5.32 Å². The van der Waals surface area contributed by atoms with Crippen molar-refractivity contribution in [3.05, 3.63) is 46.8 Å². The highest BCUT2D eigenvalue weighted by molar-refractivity contribution is 7.99. The normalized spacial score (nSPS) is 12.2. The number of hydrogen-bond acceptors (Lipinski definition) is 3. The molecule has 2 rings (SSSR count). The fourth-order valence-corrected chi connectivity index (χ4v) is 3.21. The van der Waals surface area contributed by atoms with Crippen molar-refractivity contribution in [2.24, 2.45) is 7.05 Å². The zero-order valence-electron chi connectivity index (χ0n) is 13.8. The van der Waals surface area contributed by atoms with E-state index in [4.69, 9.17) is 0 Å². The number of amides is 1. The predicted octanol–water partition coefficient (Wildman–Crippen LogP) is 3.61. The fourth-order valence-electron chi connectivity index (χ4n) is 2.24. The van der Waals surface area contributed by atoms with Crippen LogP contribution in [0.4, 0.5) is 5.69 Å². The second-order valence-corrected chi connectivity index (χ2v) is 6.87. The monoisotopic (exact) mass is 317 g/mol. The Morgan fingerprint density at radius 2 is 2.00 bits per heavy atom. The number of nitrogens with one attached hydrogen (secondary N) is 1. The van der Waals surface area contributed by atoms with E-state index in [2.05, 4.69) is 29.5 Å². The third-order valence-electron chi connectivity index (χ3n) is 3.88. The van der Waals surface area contributed by atoms with E-state index in [9.17, 15) is 4.79 Å². The Labute approximate surface area is 136 Å². The van der Waals surface area contributed by atoms with Crippen LogP contribution in [0.3, 0.4) is 0 Å². The molecular weight excluding hydrogens is 294 g/mol. The molecule has 1 N–H and O–H groups in total. The number of anilines is 1. The van der Waals surface area contributed by atoms with Crippen LogP contribution in [0.1, 0.15) is 29.4 Å². The number of thioether (sulfide) groups is 1. The van der Waals surface area contributed by atoms with Crippen LogP contribution in [-0.2, 0) is 17.6 Å². The molecule has 1 aromatic heterocycles. The molecule has 0 saturated carbocycles. The van der Waals surface area contributed by atoms with E-state index in [-0.39, 0.29) is 11.2 Å². The SMILES string of the molecule is Cc1ccccc1CSC(C)C(=O)Nc1c(C)nn(C)c1C. The Kier molecular flexibility index (Phi) is 5.29. The average Bonchev–Trinajstić information content (AvgIpc) is 2.72. The summed E-state index contributed by atoms with van der Waals surface area (Å²) in [5.41, 5.74) is 5.20. The van der Waals surface area contributed by atoms with Crippen LogP contribution in [0.2, 0.25) is 0 Å². The number of nitrogens with zero attached hydrogens (tertiary/aromatic N) is 2. The molecule has 4 nitrogen and oxygen atoms in total. The number of aromatic nitrogens is 2. The van der Waals surface area contributed by atoms with Gasteiger partial charge < -0.3 is 5.32 Å². The van der Waals surface area contributed by atoms with Crippen LogP contribution in [-0.4, -0.2) is 20.9 Å². The first kappa shape index (κ1) is 16.6. The minimum absolute atomic E-state index is 0.0257. The third kappa shape index (κ3) is 3.71. The van der Waals surface area contributed by atoms with E-state index in [1.54, 1.807) is 16.4 Å². The van der Waals surface area contributed by atoms with E-state index in [0.717, 1.165) is 22.8 Å². The van der Waals surface area contributed by atoms with Gasteiger partial charge >= 0.3 is 0 Å². The summed E-state index contributed by atoms with van der Waals surface area (Å²) in [4.78, 5) is 12.4. The predicted molar refractivity (Wildman–Crippen MR) is 93.2 cm³/mol. The van der Waals surface area contributed by atoms with Gasteiger partial charge in [-0.2, -0.15) is 5.10 Å². The molecule has 0 saturated heterocycles. The summed E-state index contributed by atoms with van der Waals surface area (Å²) in [5, 5.41) is 7.22. The van der Waals surface area contributed by atoms with Crippen molar-refractivity contribution in [3.63, 3.8) is 0 Å². The molecule has 0 fully saturated rings. The lowest BCUT2D eigenvalue weighted by Crippen LogP contribution is -2.23. The number of aryl methyl sites for hydroxylation is 3. The van der Waals surface area contributed by atoms with Gasteiger partial charge in [0.05, 0.1) is 22.3 Å². The van der Waals surface area contributed by atoms with Crippen LogP contribution >= 0.6 is 11.8 Å². The number of benzene rings is 1. The van der Waals surface area contributed by atoms with Gasteiger partial charge in [-0.15, -0.1) is 11.8 Å². The van der Waals surface area contributed by atoms with E-state index < -0.39 is 0 Å². The maximum atomic E-state index is 12.4. The third-order valence-corrected chi connectivity index (χ3v) is 5.07. The van der Waals surface area contributed by atoms with Gasteiger partial charge in [-0.25, -0.2) is 0 Å². The quantitative estimate of drug-likeness (QED) is 0.916. The minimum Gasteiger partial charge on any atom is -0.322 e. The van der Waals surface area contributed by atoms with Gasteiger partial charge in [0, 0.05) is 12.8 Å². The second kappa shape index (κ2) is 7.01. The zero-order valence-corrected chi connectivity index (χ0v) is 14.6. The van der Waals surface area contributed by atoms with Gasteiger partial charge in [0.25, 0.3) is 0 Å². The zero-order chi connectivity index (χ0) is 16.3. The molecule has 1 amide bonds. The number of hydrogen-bond donors (Lipinski definition) is 1. The first-order chi connectivity index (χ1) is 10.4. The molecule has 1 atom stereocenters. The van der Waals surface area contributed by atoms with Crippen molar-refractivity contribution in [1.29, 1.82) is 0 Å². The smallest absolute Gasteiger partial charge is 0.237 e. The van der Waals surface area contributed by atoms with Crippen LogP contribution in [0.25, 0.3) is 0 Å². The molecule has 0 aliphatic heterocycles. The van der Waals surface area contributed by atoms with Gasteiger partial charge in [0.2, 0.25) is 5.91 Å². The minimum atomic E-state index is -0.112. The second-order valence-electron chi connectivity index (χ2n) is 5.54. The molecule has 118 valence electrons. The van der Waals surface area contributed by atoms with Crippen LogP contribution in [0.5, 0.6) is 0 Å². The van der Waals surface area contributed by atoms with Gasteiger partial charge in [0.1, 0.15) is 0 Å². The van der Waals surface area contributed by atoms with Gasteiger partial charge in [0.15, 0.2) is 0 Å². The van der Waals surface area contributed by atoms with Crippen LogP contribution in [0, 0.1) is 20.8 Å². The summed E-state index contributed by atoms with van der Waals surface area (Å²) in [6, 6.07) is 8.29. The number of rotatable bonds is 5. The molecule has 1 aromatic carbocycles.